The first kappa shape index (κ1) is 18.2. The summed E-state index contributed by atoms with van der Waals surface area (Å²) in [4.78, 5) is 12.8. The van der Waals surface area contributed by atoms with Crippen molar-refractivity contribution in [1.82, 2.24) is 15.6 Å². The third-order valence-electron chi connectivity index (χ3n) is 4.01. The summed E-state index contributed by atoms with van der Waals surface area (Å²) in [6, 6.07) is 14.5. The first-order chi connectivity index (χ1) is 12.7. The van der Waals surface area contributed by atoms with E-state index in [9.17, 15) is 0 Å². The van der Waals surface area contributed by atoms with Crippen LogP contribution in [0.15, 0.2) is 52.8 Å². The minimum absolute atomic E-state index is 0.601. The van der Waals surface area contributed by atoms with E-state index in [0.717, 1.165) is 35.8 Å². The zero-order valence-corrected chi connectivity index (χ0v) is 16.3. The van der Waals surface area contributed by atoms with Crippen LogP contribution in [0.25, 0.3) is 10.9 Å². The van der Waals surface area contributed by atoms with Crippen LogP contribution in [0, 0.1) is 0 Å². The van der Waals surface area contributed by atoms with Gasteiger partial charge in [-0.25, -0.2) is 9.98 Å². The van der Waals surface area contributed by atoms with Crippen LogP contribution < -0.4 is 15.5 Å². The zero-order valence-electron chi connectivity index (χ0n) is 15.5. The Morgan fingerprint density at radius 1 is 1.15 bits per heavy atom. The number of anilines is 1. The van der Waals surface area contributed by atoms with Gasteiger partial charge in [-0.1, -0.05) is 24.3 Å². The Morgan fingerprint density at radius 3 is 2.73 bits per heavy atom. The van der Waals surface area contributed by atoms with E-state index in [1.807, 2.05) is 31.1 Å². The number of guanidine groups is 1. The van der Waals surface area contributed by atoms with E-state index in [-0.39, 0.29) is 0 Å². The molecule has 136 valence electrons. The lowest BCUT2D eigenvalue weighted by Crippen LogP contribution is -2.36. The van der Waals surface area contributed by atoms with Gasteiger partial charge < -0.3 is 15.5 Å². The molecule has 2 aromatic heterocycles. The fourth-order valence-electron chi connectivity index (χ4n) is 2.68. The highest BCUT2D eigenvalue weighted by Gasteiger charge is 2.07. The quantitative estimate of drug-likeness (QED) is 0.516. The Kier molecular flexibility index (Phi) is 6.07. The predicted molar refractivity (Wildman–Crippen MR) is 112 cm³/mol. The van der Waals surface area contributed by atoms with Gasteiger partial charge in [-0.15, -0.1) is 11.3 Å². The lowest BCUT2D eigenvalue weighted by molar-refractivity contribution is 0.824. The third-order valence-corrected chi connectivity index (χ3v) is 4.88. The van der Waals surface area contributed by atoms with E-state index >= 15 is 0 Å². The summed E-state index contributed by atoms with van der Waals surface area (Å²) in [5, 5.41) is 9.96. The molecule has 26 heavy (non-hydrogen) atoms. The summed E-state index contributed by atoms with van der Waals surface area (Å²) in [6.07, 6.45) is 0. The molecule has 0 aliphatic carbocycles. The molecule has 2 heterocycles. The minimum Gasteiger partial charge on any atom is -0.363 e. The number of nitrogens with zero attached hydrogens (tertiary/aromatic N) is 3. The summed E-state index contributed by atoms with van der Waals surface area (Å²) < 4.78 is 0. The molecule has 0 atom stereocenters. The fourth-order valence-corrected chi connectivity index (χ4v) is 3.33. The molecule has 0 aliphatic rings. The monoisotopic (exact) mass is 367 g/mol. The topological polar surface area (TPSA) is 52.6 Å². The predicted octanol–water partition coefficient (Wildman–Crippen LogP) is 3.62. The Morgan fingerprint density at radius 2 is 2.00 bits per heavy atom. The summed E-state index contributed by atoms with van der Waals surface area (Å²) >= 11 is 1.75. The van der Waals surface area contributed by atoms with Gasteiger partial charge in [-0.05, 0) is 36.1 Å². The normalized spacial score (nSPS) is 11.6. The van der Waals surface area contributed by atoms with Crippen LogP contribution in [0.5, 0.6) is 0 Å². The molecular weight excluding hydrogens is 342 g/mol. The Bertz CT molecular complexity index is 871. The number of benzene rings is 1. The largest absolute Gasteiger partial charge is 0.363 e. The fraction of sp³-hybridized carbons (Fsp3) is 0.300. The van der Waals surface area contributed by atoms with Crippen LogP contribution in [0.2, 0.25) is 0 Å². The van der Waals surface area contributed by atoms with E-state index in [1.165, 1.54) is 10.4 Å². The number of hydrogen-bond donors (Lipinski definition) is 2. The van der Waals surface area contributed by atoms with Crippen molar-refractivity contribution in [3.63, 3.8) is 0 Å². The van der Waals surface area contributed by atoms with E-state index < -0.39 is 0 Å². The van der Waals surface area contributed by atoms with E-state index in [1.54, 1.807) is 11.3 Å². The molecule has 0 bridgehead atoms. The highest BCUT2D eigenvalue weighted by molar-refractivity contribution is 7.09. The van der Waals surface area contributed by atoms with Gasteiger partial charge >= 0.3 is 0 Å². The van der Waals surface area contributed by atoms with Gasteiger partial charge in [0.25, 0.3) is 0 Å². The molecule has 0 radical (unpaired) electrons. The highest BCUT2D eigenvalue weighted by Crippen LogP contribution is 2.22. The summed E-state index contributed by atoms with van der Waals surface area (Å²) in [5.74, 6) is 1.78. The lowest BCUT2D eigenvalue weighted by atomic mass is 10.1. The van der Waals surface area contributed by atoms with Crippen molar-refractivity contribution in [2.75, 3.05) is 25.5 Å². The maximum Gasteiger partial charge on any atom is 0.191 e. The maximum atomic E-state index is 4.79. The second-order valence-corrected chi connectivity index (χ2v) is 7.21. The average Bonchev–Trinajstić information content (AvgIpc) is 3.17. The van der Waals surface area contributed by atoms with Crippen molar-refractivity contribution in [1.29, 1.82) is 0 Å². The average molecular weight is 368 g/mol. The van der Waals surface area contributed by atoms with Crippen molar-refractivity contribution < 1.29 is 0 Å². The molecule has 3 rings (SSSR count). The number of pyridine rings is 1. The number of hydrogen-bond acceptors (Lipinski definition) is 4. The highest BCUT2D eigenvalue weighted by atomic mass is 32.1. The van der Waals surface area contributed by atoms with Crippen molar-refractivity contribution in [3.8, 4) is 0 Å². The van der Waals surface area contributed by atoms with E-state index in [2.05, 4.69) is 53.3 Å². The van der Waals surface area contributed by atoms with Crippen molar-refractivity contribution in [2.24, 2.45) is 4.99 Å². The molecule has 0 amide bonds. The number of aromatic nitrogens is 1. The molecule has 0 unspecified atom stereocenters. The number of aliphatic imine (C=N–C) groups is 1. The molecule has 6 heteroatoms. The molecular formula is C20H25N5S. The summed E-state index contributed by atoms with van der Waals surface area (Å²) in [5.41, 5.74) is 2.17. The smallest absolute Gasteiger partial charge is 0.191 e. The van der Waals surface area contributed by atoms with Crippen molar-refractivity contribution in [3.05, 3.63) is 58.3 Å². The number of rotatable bonds is 6. The Balaban J connectivity index is 1.83. The molecule has 0 saturated carbocycles. The minimum atomic E-state index is 0.601. The molecule has 0 aliphatic heterocycles. The first-order valence-electron chi connectivity index (χ1n) is 8.78. The van der Waals surface area contributed by atoms with Gasteiger partial charge in [0.15, 0.2) is 5.96 Å². The van der Waals surface area contributed by atoms with Crippen LogP contribution in [0.3, 0.4) is 0 Å². The molecule has 0 fully saturated rings. The Hall–Kier alpha value is -2.60. The van der Waals surface area contributed by atoms with Crippen LogP contribution in [-0.2, 0) is 13.1 Å². The Labute approximate surface area is 158 Å². The van der Waals surface area contributed by atoms with Gasteiger partial charge in [-0.3, -0.25) is 0 Å². The lowest BCUT2D eigenvalue weighted by Gasteiger charge is -2.15. The number of thiophene rings is 1. The standard InChI is InChI=1S/C20H25N5S/c1-4-21-20(23-14-16-8-7-11-26-16)22-13-15-12-19(25(2)3)24-18-10-6-5-9-17(15)18/h5-12H,4,13-14H2,1-3H3,(H2,21,22,23). The molecule has 1 aromatic carbocycles. The summed E-state index contributed by atoms with van der Waals surface area (Å²) in [7, 11) is 4.02. The van der Waals surface area contributed by atoms with Gasteiger partial charge in [-0.2, -0.15) is 0 Å². The summed E-state index contributed by atoms with van der Waals surface area (Å²) in [6.45, 7) is 4.29. The number of fused-ring (bicyclic) bond motifs is 1. The number of para-hydroxylation sites is 1. The van der Waals surface area contributed by atoms with Gasteiger partial charge in [0.1, 0.15) is 5.82 Å². The second-order valence-electron chi connectivity index (χ2n) is 6.18. The van der Waals surface area contributed by atoms with Gasteiger partial charge in [0.2, 0.25) is 0 Å². The van der Waals surface area contributed by atoms with Crippen LogP contribution in [0.4, 0.5) is 5.82 Å². The van der Waals surface area contributed by atoms with E-state index in [4.69, 9.17) is 9.98 Å². The van der Waals surface area contributed by atoms with Crippen LogP contribution >= 0.6 is 11.3 Å². The maximum absolute atomic E-state index is 4.79. The van der Waals surface area contributed by atoms with Crippen molar-refractivity contribution in [2.45, 2.75) is 20.0 Å². The molecule has 3 aromatic rings. The molecule has 0 saturated heterocycles. The zero-order chi connectivity index (χ0) is 18.4. The second kappa shape index (κ2) is 8.67. The molecule has 2 N–H and O–H groups in total. The molecule has 0 spiro atoms. The van der Waals surface area contributed by atoms with E-state index in [0.29, 0.717) is 6.54 Å². The third kappa shape index (κ3) is 4.52. The van der Waals surface area contributed by atoms with Gasteiger partial charge in [0.05, 0.1) is 18.6 Å². The van der Waals surface area contributed by atoms with Crippen LogP contribution in [-0.4, -0.2) is 31.6 Å². The molecule has 5 nitrogen and oxygen atoms in total. The van der Waals surface area contributed by atoms with Crippen molar-refractivity contribution >= 4 is 34.0 Å². The SMILES string of the molecule is CCNC(=NCc1cc(N(C)C)nc2ccccc12)NCc1cccs1. The number of nitrogens with one attached hydrogen (secondary N) is 2. The van der Waals surface area contributed by atoms with Gasteiger partial charge in [0, 0.05) is 30.9 Å². The van der Waals surface area contributed by atoms with Crippen LogP contribution in [0.1, 0.15) is 17.4 Å². The first-order valence-corrected chi connectivity index (χ1v) is 9.66.